The molecular weight excluding hydrogens is 292 g/mol. The first-order valence-electron chi connectivity index (χ1n) is 8.02. The Hall–Kier alpha value is -1.59. The molecule has 4 rings (SSSR count). The molecule has 0 atom stereocenters. The third-order valence-corrected chi connectivity index (χ3v) is 5.22. The second kappa shape index (κ2) is 6.26. The van der Waals surface area contributed by atoms with Crippen LogP contribution in [-0.4, -0.2) is 33.7 Å². The van der Waals surface area contributed by atoms with Gasteiger partial charge in [0.25, 0.3) is 0 Å². The van der Waals surface area contributed by atoms with E-state index in [-0.39, 0.29) is 0 Å². The van der Waals surface area contributed by atoms with Crippen molar-refractivity contribution >= 4 is 17.0 Å². The molecule has 5 heteroatoms. The smallest absolute Gasteiger partial charge is 0.173 e. The summed E-state index contributed by atoms with van der Waals surface area (Å²) in [7, 11) is 0. The summed E-state index contributed by atoms with van der Waals surface area (Å²) in [5, 5.41) is 2.15. The van der Waals surface area contributed by atoms with Gasteiger partial charge < -0.3 is 0 Å². The van der Waals surface area contributed by atoms with E-state index in [0.717, 1.165) is 50.6 Å². The zero-order valence-electron chi connectivity index (χ0n) is 12.7. The molecule has 0 amide bonds. The van der Waals surface area contributed by atoms with E-state index in [4.69, 9.17) is 4.98 Å². The largest absolute Gasteiger partial charge is 0.294 e. The Morgan fingerprint density at radius 1 is 1.23 bits per heavy atom. The lowest BCUT2D eigenvalue weighted by molar-refractivity contribution is 0.245. The molecule has 0 saturated heterocycles. The van der Waals surface area contributed by atoms with Crippen molar-refractivity contribution in [2.75, 3.05) is 13.1 Å². The average Bonchev–Trinajstić information content (AvgIpc) is 3.08. The normalized spacial score (nSPS) is 18.8. The van der Waals surface area contributed by atoms with Crippen LogP contribution < -0.4 is 0 Å². The van der Waals surface area contributed by atoms with Crippen LogP contribution in [0.3, 0.4) is 0 Å². The molecule has 2 aliphatic rings. The fraction of sp³-hybridized carbons (Fsp3) is 0.471. The van der Waals surface area contributed by atoms with Crippen molar-refractivity contribution in [2.45, 2.75) is 38.8 Å². The van der Waals surface area contributed by atoms with E-state index in [1.807, 2.05) is 17.5 Å². The quantitative estimate of drug-likeness (QED) is 0.874. The minimum absolute atomic E-state index is 0.866. The zero-order chi connectivity index (χ0) is 14.8. The van der Waals surface area contributed by atoms with Crippen LogP contribution in [0.15, 0.2) is 28.7 Å². The third kappa shape index (κ3) is 2.96. The van der Waals surface area contributed by atoms with Crippen LogP contribution >= 0.6 is 11.3 Å². The maximum Gasteiger partial charge on any atom is 0.173 e. The minimum Gasteiger partial charge on any atom is -0.294 e. The van der Waals surface area contributed by atoms with Gasteiger partial charge in [0.15, 0.2) is 5.82 Å². The summed E-state index contributed by atoms with van der Waals surface area (Å²) in [4.78, 5) is 17.9. The molecule has 22 heavy (non-hydrogen) atoms. The second-order valence-electron chi connectivity index (χ2n) is 5.99. The summed E-state index contributed by atoms with van der Waals surface area (Å²) in [5.41, 5.74) is 3.61. The summed E-state index contributed by atoms with van der Waals surface area (Å²) in [6.45, 7) is 4.00. The van der Waals surface area contributed by atoms with E-state index < -0.39 is 0 Å². The summed E-state index contributed by atoms with van der Waals surface area (Å²) in [5.74, 6) is 0.866. The number of hydrogen-bond donors (Lipinski definition) is 0. The minimum atomic E-state index is 0.866. The third-order valence-electron chi connectivity index (χ3n) is 4.36. The van der Waals surface area contributed by atoms with Gasteiger partial charge >= 0.3 is 0 Å². The number of thiophene rings is 1. The number of nitrogens with zero attached hydrogens (tertiary/aromatic N) is 4. The molecule has 0 aliphatic carbocycles. The Labute approximate surface area is 134 Å². The van der Waals surface area contributed by atoms with Crippen LogP contribution in [0.5, 0.6) is 0 Å². The Morgan fingerprint density at radius 3 is 3.05 bits per heavy atom. The van der Waals surface area contributed by atoms with Crippen LogP contribution in [-0.2, 0) is 19.5 Å². The number of aromatic nitrogens is 2. The zero-order valence-corrected chi connectivity index (χ0v) is 13.5. The van der Waals surface area contributed by atoms with Crippen molar-refractivity contribution in [3.63, 3.8) is 0 Å². The molecule has 0 unspecified atom stereocenters. The number of rotatable bonds is 3. The number of aliphatic imine (C=N–C) groups is 1. The van der Waals surface area contributed by atoms with Crippen LogP contribution in [0.2, 0.25) is 0 Å². The van der Waals surface area contributed by atoms with Gasteiger partial charge in [-0.25, -0.2) is 9.97 Å². The molecule has 0 aromatic carbocycles. The van der Waals surface area contributed by atoms with Gasteiger partial charge in [0, 0.05) is 49.2 Å². The average molecular weight is 312 g/mol. The lowest BCUT2D eigenvalue weighted by atomic mass is 10.1. The highest BCUT2D eigenvalue weighted by atomic mass is 32.1. The molecule has 0 spiro atoms. The maximum atomic E-state index is 4.80. The molecular formula is C17H20N4S. The van der Waals surface area contributed by atoms with Gasteiger partial charge in [0.2, 0.25) is 0 Å². The second-order valence-corrected chi connectivity index (χ2v) is 7.02. The van der Waals surface area contributed by atoms with Gasteiger partial charge in [0.05, 0.1) is 11.4 Å². The van der Waals surface area contributed by atoms with Crippen molar-refractivity contribution in [2.24, 2.45) is 4.99 Å². The summed E-state index contributed by atoms with van der Waals surface area (Å²) >= 11 is 1.83. The number of fused-ring (bicyclic) bond motifs is 1. The highest BCUT2D eigenvalue weighted by Gasteiger charge is 2.20. The molecule has 4 heterocycles. The standard InChI is InChI=1S/C17H20N4S/c1-2-7-18-16(5-1)17-19-10-13-11-21(8-6-15(13)20-17)12-14-4-3-9-22-14/h3-4,9-10H,1-2,5-8,11-12H2. The van der Waals surface area contributed by atoms with E-state index in [2.05, 4.69) is 32.4 Å². The predicted octanol–water partition coefficient (Wildman–Crippen LogP) is 3.07. The summed E-state index contributed by atoms with van der Waals surface area (Å²) in [6, 6.07) is 4.33. The molecule has 4 nitrogen and oxygen atoms in total. The van der Waals surface area contributed by atoms with E-state index in [0.29, 0.717) is 0 Å². The Balaban J connectivity index is 1.50. The van der Waals surface area contributed by atoms with E-state index in [9.17, 15) is 0 Å². The Kier molecular flexibility index (Phi) is 3.99. The molecule has 2 aromatic heterocycles. The van der Waals surface area contributed by atoms with Crippen LogP contribution in [0.4, 0.5) is 0 Å². The monoisotopic (exact) mass is 312 g/mol. The summed E-state index contributed by atoms with van der Waals surface area (Å²) in [6.07, 6.45) is 6.49. The molecule has 0 N–H and O–H groups in total. The van der Waals surface area contributed by atoms with Crippen molar-refractivity contribution in [1.29, 1.82) is 0 Å². The molecule has 0 saturated carbocycles. The van der Waals surface area contributed by atoms with E-state index in [1.54, 1.807) is 0 Å². The molecule has 2 aromatic rings. The molecule has 0 fully saturated rings. The first kappa shape index (κ1) is 14.0. The summed E-state index contributed by atoms with van der Waals surface area (Å²) < 4.78 is 0. The fourth-order valence-corrected chi connectivity index (χ4v) is 3.90. The highest BCUT2D eigenvalue weighted by molar-refractivity contribution is 7.09. The van der Waals surface area contributed by atoms with Gasteiger partial charge in [0.1, 0.15) is 0 Å². The Morgan fingerprint density at radius 2 is 2.23 bits per heavy atom. The van der Waals surface area contributed by atoms with Gasteiger partial charge in [-0.3, -0.25) is 9.89 Å². The molecule has 114 valence electrons. The van der Waals surface area contributed by atoms with Gasteiger partial charge in [-0.05, 0) is 30.7 Å². The van der Waals surface area contributed by atoms with Crippen molar-refractivity contribution in [1.82, 2.24) is 14.9 Å². The lowest BCUT2D eigenvalue weighted by Crippen LogP contribution is -2.31. The number of hydrogen-bond acceptors (Lipinski definition) is 5. The fourth-order valence-electron chi connectivity index (χ4n) is 3.15. The van der Waals surface area contributed by atoms with E-state index >= 15 is 0 Å². The maximum absolute atomic E-state index is 4.80. The van der Waals surface area contributed by atoms with E-state index in [1.165, 1.54) is 29.0 Å². The SMILES string of the molecule is c1csc(CN2CCc3nc(C4=NCCCC4)ncc3C2)c1. The molecule has 0 bridgehead atoms. The first-order chi connectivity index (χ1) is 10.9. The Bertz CT molecular complexity index is 678. The van der Waals surface area contributed by atoms with Crippen LogP contribution in [0.25, 0.3) is 0 Å². The van der Waals surface area contributed by atoms with Crippen molar-refractivity contribution in [3.8, 4) is 0 Å². The molecule has 0 radical (unpaired) electrons. The predicted molar refractivity (Wildman–Crippen MR) is 89.4 cm³/mol. The van der Waals surface area contributed by atoms with Gasteiger partial charge in [-0.15, -0.1) is 11.3 Å². The lowest BCUT2D eigenvalue weighted by Gasteiger charge is -2.27. The molecule has 2 aliphatic heterocycles. The van der Waals surface area contributed by atoms with Crippen molar-refractivity contribution < 1.29 is 0 Å². The van der Waals surface area contributed by atoms with Gasteiger partial charge in [-0.2, -0.15) is 0 Å². The van der Waals surface area contributed by atoms with Crippen LogP contribution in [0, 0.1) is 0 Å². The van der Waals surface area contributed by atoms with Crippen molar-refractivity contribution in [3.05, 3.63) is 45.7 Å². The van der Waals surface area contributed by atoms with Crippen LogP contribution in [0.1, 0.15) is 41.2 Å². The topological polar surface area (TPSA) is 41.4 Å². The van der Waals surface area contributed by atoms with Gasteiger partial charge in [-0.1, -0.05) is 6.07 Å². The first-order valence-corrected chi connectivity index (χ1v) is 8.90. The highest BCUT2D eigenvalue weighted by Crippen LogP contribution is 2.21.